The molecule has 0 radical (unpaired) electrons. The van der Waals surface area contributed by atoms with Crippen LogP contribution in [-0.4, -0.2) is 42.5 Å². The smallest absolute Gasteiger partial charge is 0.449 e. The van der Waals surface area contributed by atoms with Gasteiger partial charge in [-0.3, -0.25) is 0 Å². The van der Waals surface area contributed by atoms with Crippen LogP contribution in [0.1, 0.15) is 49.6 Å². The molecular formula is C27H30BN3O4S. The summed E-state index contributed by atoms with van der Waals surface area (Å²) in [7, 11) is -0.618. The summed E-state index contributed by atoms with van der Waals surface area (Å²) >= 11 is 1.36. The first-order chi connectivity index (χ1) is 17.1. The molecule has 36 heavy (non-hydrogen) atoms. The van der Waals surface area contributed by atoms with E-state index >= 15 is 0 Å². The van der Waals surface area contributed by atoms with Crippen molar-refractivity contribution >= 4 is 35.8 Å². The Morgan fingerprint density at radius 2 is 1.67 bits per heavy atom. The molecule has 2 heterocycles. The first kappa shape index (κ1) is 24.6. The van der Waals surface area contributed by atoms with Gasteiger partial charge >= 0.3 is 13.2 Å². The Kier molecular flexibility index (Phi) is 6.40. The van der Waals surface area contributed by atoms with Gasteiger partial charge in [0.15, 0.2) is 5.13 Å². The number of carbonyl (C=O) groups is 1. The van der Waals surface area contributed by atoms with E-state index in [9.17, 15) is 4.79 Å². The molecule has 7 nitrogen and oxygen atoms in total. The number of carbonyl (C=O) groups excluding carboxylic acids is 1. The number of nitrogens with zero attached hydrogens (tertiary/aromatic N) is 1. The van der Waals surface area contributed by atoms with Crippen molar-refractivity contribution in [2.45, 2.75) is 44.8 Å². The second-order valence-electron chi connectivity index (χ2n) is 10.1. The fourth-order valence-electron chi connectivity index (χ4n) is 4.57. The van der Waals surface area contributed by atoms with Gasteiger partial charge in [0.05, 0.1) is 11.2 Å². The Morgan fingerprint density at radius 3 is 2.22 bits per heavy atom. The first-order valence-electron chi connectivity index (χ1n) is 12.0. The molecule has 1 saturated heterocycles. The number of fused-ring (bicyclic) bond motifs is 3. The van der Waals surface area contributed by atoms with Crippen LogP contribution in [0.3, 0.4) is 0 Å². The van der Waals surface area contributed by atoms with Crippen molar-refractivity contribution in [2.75, 3.05) is 18.9 Å². The molecule has 1 aliphatic carbocycles. The number of nitrogen functional groups attached to an aromatic ring is 1. The molecule has 1 aliphatic heterocycles. The van der Waals surface area contributed by atoms with Crippen LogP contribution in [0.2, 0.25) is 0 Å². The number of nitrogens with two attached hydrogens (primary N) is 1. The number of benzene rings is 2. The molecule has 2 aliphatic rings. The Bertz CT molecular complexity index is 1260. The van der Waals surface area contributed by atoms with Gasteiger partial charge in [0.25, 0.3) is 0 Å². The van der Waals surface area contributed by atoms with Crippen molar-refractivity contribution in [2.24, 2.45) is 0 Å². The fraction of sp³-hybridized carbons (Fsp3) is 0.333. The van der Waals surface area contributed by atoms with Crippen LogP contribution >= 0.6 is 11.3 Å². The highest BCUT2D eigenvalue weighted by Crippen LogP contribution is 2.44. The van der Waals surface area contributed by atoms with Crippen LogP contribution in [0.25, 0.3) is 17.2 Å². The molecular weight excluding hydrogens is 473 g/mol. The Hall–Kier alpha value is -3.14. The van der Waals surface area contributed by atoms with E-state index in [2.05, 4.69) is 34.6 Å². The predicted molar refractivity (Wildman–Crippen MR) is 144 cm³/mol. The minimum atomic E-state index is -0.618. The van der Waals surface area contributed by atoms with Crippen LogP contribution in [0, 0.1) is 0 Å². The molecule has 0 bridgehead atoms. The molecule has 0 atom stereocenters. The fourth-order valence-corrected chi connectivity index (χ4v) is 5.23. The van der Waals surface area contributed by atoms with E-state index in [0.717, 1.165) is 10.3 Å². The third-order valence-corrected chi connectivity index (χ3v) is 7.98. The van der Waals surface area contributed by atoms with Crippen LogP contribution in [0.15, 0.2) is 60.2 Å². The van der Waals surface area contributed by atoms with Crippen molar-refractivity contribution < 1.29 is 18.8 Å². The average Bonchev–Trinajstić information content (AvgIpc) is 3.46. The molecule has 0 unspecified atom stereocenters. The molecule has 1 aromatic heterocycles. The zero-order valence-corrected chi connectivity index (χ0v) is 21.7. The van der Waals surface area contributed by atoms with Gasteiger partial charge in [-0.25, -0.2) is 9.78 Å². The second-order valence-corrected chi connectivity index (χ2v) is 11.2. The van der Waals surface area contributed by atoms with Crippen LogP contribution in [0.5, 0.6) is 0 Å². The topological polar surface area (TPSA) is 95.7 Å². The number of hydrogen-bond donors (Lipinski definition) is 2. The number of hydrogen-bond acceptors (Lipinski definition) is 7. The summed E-state index contributed by atoms with van der Waals surface area (Å²) in [4.78, 5) is 17.8. The SMILES string of the molecule is CC1(C)OB(C(=Cc2cnc(N)s2)CNC(=O)OCC2c3ccccc3-c3ccccc32)OC1(C)C. The largest absolute Gasteiger partial charge is 0.492 e. The minimum absolute atomic E-state index is 0.00132. The third-order valence-electron chi connectivity index (χ3n) is 7.21. The van der Waals surface area contributed by atoms with Gasteiger partial charge < -0.3 is 25.1 Å². The molecule has 1 amide bonds. The zero-order chi connectivity index (χ0) is 25.5. The minimum Gasteiger partial charge on any atom is -0.449 e. The van der Waals surface area contributed by atoms with Gasteiger partial charge in [-0.1, -0.05) is 59.9 Å². The molecule has 2 aromatic carbocycles. The lowest BCUT2D eigenvalue weighted by Gasteiger charge is -2.32. The highest BCUT2D eigenvalue weighted by Gasteiger charge is 2.52. The predicted octanol–water partition coefficient (Wildman–Crippen LogP) is 5.28. The van der Waals surface area contributed by atoms with E-state index < -0.39 is 24.4 Å². The first-order valence-corrected chi connectivity index (χ1v) is 12.8. The Labute approximate surface area is 215 Å². The lowest BCUT2D eigenvalue weighted by Crippen LogP contribution is -2.41. The van der Waals surface area contributed by atoms with Gasteiger partial charge in [-0.05, 0) is 61.5 Å². The van der Waals surface area contributed by atoms with Crippen molar-refractivity contribution in [3.8, 4) is 11.1 Å². The van der Waals surface area contributed by atoms with Crippen LogP contribution in [-0.2, 0) is 14.0 Å². The molecule has 5 rings (SSSR count). The molecule has 3 N–H and O–H groups in total. The summed E-state index contributed by atoms with van der Waals surface area (Å²) in [5, 5.41) is 3.35. The number of nitrogens with one attached hydrogen (secondary N) is 1. The standard InChI is InChI=1S/C27H30BN3O4S/c1-26(2)27(3,4)35-28(34-26)17(13-18-15-30-24(29)36-18)14-31-25(32)33-16-23-21-11-7-5-9-19(21)20-10-6-8-12-22(20)23/h5-13,15,23H,14,16H2,1-4H3,(H2,29,30)(H,31,32). The van der Waals surface area contributed by atoms with Crippen molar-refractivity contribution in [3.05, 3.63) is 76.2 Å². The summed E-state index contributed by atoms with van der Waals surface area (Å²) in [6.45, 7) is 8.43. The number of anilines is 1. The summed E-state index contributed by atoms with van der Waals surface area (Å²) in [5.74, 6) is 0.00132. The maximum atomic E-state index is 12.8. The normalized spacial score (nSPS) is 18.1. The van der Waals surface area contributed by atoms with E-state index in [0.29, 0.717) is 5.13 Å². The van der Waals surface area contributed by atoms with E-state index in [-0.39, 0.29) is 19.1 Å². The maximum absolute atomic E-state index is 12.8. The van der Waals surface area contributed by atoms with E-state index in [4.69, 9.17) is 19.8 Å². The lowest BCUT2D eigenvalue weighted by molar-refractivity contribution is 0.00578. The third kappa shape index (κ3) is 4.66. The lowest BCUT2D eigenvalue weighted by atomic mass is 9.77. The second kappa shape index (κ2) is 9.39. The monoisotopic (exact) mass is 503 g/mol. The van der Waals surface area contributed by atoms with Crippen molar-refractivity contribution in [3.63, 3.8) is 0 Å². The van der Waals surface area contributed by atoms with E-state index in [1.807, 2.05) is 58.0 Å². The number of ether oxygens (including phenoxy) is 1. The summed E-state index contributed by atoms with van der Waals surface area (Å²) in [6.07, 6.45) is 3.10. The summed E-state index contributed by atoms with van der Waals surface area (Å²) < 4.78 is 18.2. The quantitative estimate of drug-likeness (QED) is 0.445. The number of rotatable bonds is 6. The van der Waals surface area contributed by atoms with Gasteiger partial charge in [-0.2, -0.15) is 0 Å². The molecule has 186 valence electrons. The van der Waals surface area contributed by atoms with E-state index in [1.54, 1.807) is 6.20 Å². The number of alkyl carbamates (subject to hydrolysis) is 1. The van der Waals surface area contributed by atoms with Crippen LogP contribution in [0.4, 0.5) is 9.93 Å². The highest BCUT2D eigenvalue weighted by molar-refractivity contribution is 7.16. The number of aromatic nitrogens is 1. The molecule has 9 heteroatoms. The van der Waals surface area contributed by atoms with Gasteiger partial charge in [0.2, 0.25) is 0 Å². The van der Waals surface area contributed by atoms with Crippen molar-refractivity contribution in [1.29, 1.82) is 0 Å². The molecule has 0 saturated carbocycles. The summed E-state index contributed by atoms with van der Waals surface area (Å²) in [6, 6.07) is 16.5. The van der Waals surface area contributed by atoms with Gasteiger partial charge in [0.1, 0.15) is 6.61 Å². The number of thiazole rings is 1. The van der Waals surface area contributed by atoms with Crippen LogP contribution < -0.4 is 11.1 Å². The maximum Gasteiger partial charge on any atom is 0.492 e. The molecule has 1 fully saturated rings. The van der Waals surface area contributed by atoms with Gasteiger partial charge in [-0.15, -0.1) is 0 Å². The van der Waals surface area contributed by atoms with E-state index in [1.165, 1.54) is 33.6 Å². The average molecular weight is 503 g/mol. The Morgan fingerprint density at radius 1 is 1.08 bits per heavy atom. The molecule has 0 spiro atoms. The summed E-state index contributed by atoms with van der Waals surface area (Å²) in [5.41, 5.74) is 10.3. The highest BCUT2D eigenvalue weighted by atomic mass is 32.1. The number of amides is 1. The van der Waals surface area contributed by atoms with Gasteiger partial charge in [0, 0.05) is 23.5 Å². The molecule has 3 aromatic rings. The van der Waals surface area contributed by atoms with Crippen molar-refractivity contribution in [1.82, 2.24) is 10.3 Å². The Balaban J connectivity index is 1.28. The zero-order valence-electron chi connectivity index (χ0n) is 20.9.